The van der Waals surface area contributed by atoms with Gasteiger partial charge in [-0.05, 0) is 12.5 Å². The third-order valence-corrected chi connectivity index (χ3v) is 3.75. The lowest BCUT2D eigenvalue weighted by Crippen LogP contribution is -2.44. The van der Waals surface area contributed by atoms with Crippen LogP contribution in [0.2, 0.25) is 0 Å². The average Bonchev–Trinajstić information content (AvgIpc) is 2.90. The lowest BCUT2D eigenvalue weighted by Gasteiger charge is -2.32. The SMILES string of the molecule is CCN1CCOC(Cn2nnc(C(=O)OC)c2C(C)C)C1. The smallest absolute Gasteiger partial charge is 0.360 e. The Labute approximate surface area is 125 Å². The zero-order valence-electron chi connectivity index (χ0n) is 13.2. The maximum absolute atomic E-state index is 11.8. The van der Waals surface area contributed by atoms with Gasteiger partial charge in [0, 0.05) is 13.1 Å². The van der Waals surface area contributed by atoms with Gasteiger partial charge in [0.2, 0.25) is 0 Å². The number of carbonyl (C=O) groups excluding carboxylic acids is 1. The third kappa shape index (κ3) is 3.59. The average molecular weight is 296 g/mol. The second kappa shape index (κ2) is 7.00. The monoisotopic (exact) mass is 296 g/mol. The van der Waals surface area contributed by atoms with E-state index >= 15 is 0 Å². The number of nitrogens with zero attached hydrogens (tertiary/aromatic N) is 4. The minimum Gasteiger partial charge on any atom is -0.464 e. The molecule has 1 aromatic heterocycles. The number of ether oxygens (including phenoxy) is 2. The molecule has 1 aliphatic heterocycles. The highest BCUT2D eigenvalue weighted by Crippen LogP contribution is 2.19. The molecule has 0 bridgehead atoms. The Morgan fingerprint density at radius 3 is 2.90 bits per heavy atom. The minimum absolute atomic E-state index is 0.0726. The molecular weight excluding hydrogens is 272 g/mol. The quantitative estimate of drug-likeness (QED) is 0.752. The fourth-order valence-electron chi connectivity index (χ4n) is 2.64. The van der Waals surface area contributed by atoms with Crippen molar-refractivity contribution in [1.82, 2.24) is 19.9 Å². The molecule has 0 radical (unpaired) electrons. The summed E-state index contributed by atoms with van der Waals surface area (Å²) in [5.41, 5.74) is 1.11. The fourth-order valence-corrected chi connectivity index (χ4v) is 2.64. The van der Waals surface area contributed by atoms with Gasteiger partial charge in [-0.15, -0.1) is 5.10 Å². The Morgan fingerprint density at radius 1 is 1.52 bits per heavy atom. The number of hydrogen-bond acceptors (Lipinski definition) is 6. The van der Waals surface area contributed by atoms with Crippen LogP contribution in [0.3, 0.4) is 0 Å². The summed E-state index contributed by atoms with van der Waals surface area (Å²) < 4.78 is 12.3. The van der Waals surface area contributed by atoms with E-state index in [9.17, 15) is 4.79 Å². The molecule has 1 aliphatic rings. The molecule has 0 spiro atoms. The van der Waals surface area contributed by atoms with Gasteiger partial charge in [0.1, 0.15) is 0 Å². The van der Waals surface area contributed by atoms with E-state index in [0.717, 1.165) is 31.9 Å². The number of morpholine rings is 1. The maximum atomic E-state index is 11.8. The molecule has 21 heavy (non-hydrogen) atoms. The van der Waals surface area contributed by atoms with E-state index in [-0.39, 0.29) is 12.0 Å². The van der Waals surface area contributed by atoms with Crippen LogP contribution < -0.4 is 0 Å². The summed E-state index contributed by atoms with van der Waals surface area (Å²) in [6, 6.07) is 0. The van der Waals surface area contributed by atoms with Gasteiger partial charge in [0.15, 0.2) is 5.69 Å². The molecule has 1 saturated heterocycles. The number of methoxy groups -OCH3 is 1. The Kier molecular flexibility index (Phi) is 5.30. The van der Waals surface area contributed by atoms with Gasteiger partial charge in [-0.2, -0.15) is 0 Å². The van der Waals surface area contributed by atoms with Crippen LogP contribution in [0, 0.1) is 0 Å². The second-order valence-electron chi connectivity index (χ2n) is 5.54. The lowest BCUT2D eigenvalue weighted by atomic mass is 10.1. The van der Waals surface area contributed by atoms with E-state index in [0.29, 0.717) is 12.2 Å². The normalized spacial score (nSPS) is 20.0. The molecule has 1 aromatic rings. The molecule has 118 valence electrons. The first-order valence-corrected chi connectivity index (χ1v) is 7.42. The van der Waals surface area contributed by atoms with Crippen LogP contribution in [-0.4, -0.2) is 65.3 Å². The molecule has 7 heteroatoms. The van der Waals surface area contributed by atoms with E-state index in [4.69, 9.17) is 9.47 Å². The van der Waals surface area contributed by atoms with Crippen LogP contribution in [0.5, 0.6) is 0 Å². The first-order chi connectivity index (χ1) is 10.1. The number of likely N-dealkylation sites (N-methyl/N-ethyl adjacent to an activating group) is 1. The predicted octanol–water partition coefficient (Wildman–Crippen LogP) is 0.909. The van der Waals surface area contributed by atoms with Gasteiger partial charge in [-0.3, -0.25) is 4.90 Å². The van der Waals surface area contributed by atoms with Crippen molar-refractivity contribution in [2.45, 2.75) is 39.3 Å². The number of aromatic nitrogens is 3. The van der Waals surface area contributed by atoms with Crippen LogP contribution in [0.1, 0.15) is 42.9 Å². The van der Waals surface area contributed by atoms with E-state index in [2.05, 4.69) is 22.1 Å². The van der Waals surface area contributed by atoms with E-state index < -0.39 is 5.97 Å². The topological polar surface area (TPSA) is 69.5 Å². The summed E-state index contributed by atoms with van der Waals surface area (Å²) in [5, 5.41) is 8.10. The van der Waals surface area contributed by atoms with E-state index in [1.165, 1.54) is 7.11 Å². The van der Waals surface area contributed by atoms with Crippen molar-refractivity contribution < 1.29 is 14.3 Å². The van der Waals surface area contributed by atoms with Gasteiger partial charge in [0.25, 0.3) is 0 Å². The Balaban J connectivity index is 2.16. The summed E-state index contributed by atoms with van der Waals surface area (Å²) in [6.45, 7) is 10.4. The molecular formula is C14H24N4O3. The van der Waals surface area contributed by atoms with Crippen molar-refractivity contribution in [3.05, 3.63) is 11.4 Å². The van der Waals surface area contributed by atoms with Crippen molar-refractivity contribution in [3.63, 3.8) is 0 Å². The van der Waals surface area contributed by atoms with E-state index in [1.54, 1.807) is 4.68 Å². The Morgan fingerprint density at radius 2 is 2.29 bits per heavy atom. The molecule has 0 aliphatic carbocycles. The first kappa shape index (κ1) is 15.9. The Bertz CT molecular complexity index is 487. The largest absolute Gasteiger partial charge is 0.464 e. The highest BCUT2D eigenvalue weighted by atomic mass is 16.5. The number of carbonyl (C=O) groups is 1. The highest BCUT2D eigenvalue weighted by molar-refractivity contribution is 5.88. The number of rotatable bonds is 5. The van der Waals surface area contributed by atoms with Crippen molar-refractivity contribution >= 4 is 5.97 Å². The van der Waals surface area contributed by atoms with Crippen LogP contribution in [-0.2, 0) is 16.0 Å². The van der Waals surface area contributed by atoms with Crippen LogP contribution in [0.15, 0.2) is 0 Å². The standard InChI is InChI=1S/C14H24N4O3/c1-5-17-6-7-21-11(8-17)9-18-13(10(2)3)12(15-16-18)14(19)20-4/h10-11H,5-9H2,1-4H3. The zero-order chi connectivity index (χ0) is 15.4. The lowest BCUT2D eigenvalue weighted by molar-refractivity contribution is -0.0364. The molecule has 0 aromatic carbocycles. The molecule has 7 nitrogen and oxygen atoms in total. The molecule has 0 saturated carbocycles. The molecule has 2 heterocycles. The van der Waals surface area contributed by atoms with Gasteiger partial charge >= 0.3 is 5.97 Å². The number of hydrogen-bond donors (Lipinski definition) is 0. The fraction of sp³-hybridized carbons (Fsp3) is 0.786. The minimum atomic E-state index is -0.440. The third-order valence-electron chi connectivity index (χ3n) is 3.75. The second-order valence-corrected chi connectivity index (χ2v) is 5.54. The first-order valence-electron chi connectivity index (χ1n) is 7.42. The predicted molar refractivity (Wildman–Crippen MR) is 77.3 cm³/mol. The van der Waals surface area contributed by atoms with Gasteiger partial charge in [-0.25, -0.2) is 9.48 Å². The molecule has 1 fully saturated rings. The van der Waals surface area contributed by atoms with Crippen LogP contribution >= 0.6 is 0 Å². The van der Waals surface area contributed by atoms with Gasteiger partial charge in [-0.1, -0.05) is 26.0 Å². The zero-order valence-corrected chi connectivity index (χ0v) is 13.2. The molecule has 2 rings (SSSR count). The van der Waals surface area contributed by atoms with Crippen molar-refractivity contribution in [2.75, 3.05) is 33.4 Å². The Hall–Kier alpha value is -1.47. The van der Waals surface area contributed by atoms with Crippen LogP contribution in [0.4, 0.5) is 0 Å². The van der Waals surface area contributed by atoms with Gasteiger partial charge in [0.05, 0.1) is 32.1 Å². The summed E-state index contributed by atoms with van der Waals surface area (Å²) in [7, 11) is 1.36. The molecule has 1 atom stereocenters. The number of esters is 1. The summed E-state index contributed by atoms with van der Waals surface area (Å²) >= 11 is 0. The van der Waals surface area contributed by atoms with Gasteiger partial charge < -0.3 is 9.47 Å². The summed E-state index contributed by atoms with van der Waals surface area (Å²) in [6.07, 6.45) is 0.0726. The summed E-state index contributed by atoms with van der Waals surface area (Å²) in [5.74, 6) is -0.301. The highest BCUT2D eigenvalue weighted by Gasteiger charge is 2.26. The van der Waals surface area contributed by atoms with Crippen molar-refractivity contribution in [2.24, 2.45) is 0 Å². The molecule has 1 unspecified atom stereocenters. The molecule has 0 amide bonds. The summed E-state index contributed by atoms with van der Waals surface area (Å²) in [4.78, 5) is 14.1. The van der Waals surface area contributed by atoms with Crippen molar-refractivity contribution in [1.29, 1.82) is 0 Å². The van der Waals surface area contributed by atoms with Crippen LogP contribution in [0.25, 0.3) is 0 Å². The molecule has 0 N–H and O–H groups in total. The maximum Gasteiger partial charge on any atom is 0.360 e. The van der Waals surface area contributed by atoms with Crippen molar-refractivity contribution in [3.8, 4) is 0 Å². The van der Waals surface area contributed by atoms with E-state index in [1.807, 2.05) is 13.8 Å².